The number of rotatable bonds is 3. The quantitative estimate of drug-likeness (QED) is 0.602. The van der Waals surface area contributed by atoms with Gasteiger partial charge in [0.15, 0.2) is 11.5 Å². The molecule has 8 nitrogen and oxygen atoms in total. The summed E-state index contributed by atoms with van der Waals surface area (Å²) in [7, 11) is 0. The van der Waals surface area contributed by atoms with Crippen LogP contribution in [0.15, 0.2) is 24.0 Å². The molecule has 0 fully saturated rings. The number of ether oxygens (including phenoxy) is 3. The van der Waals surface area contributed by atoms with Gasteiger partial charge in [-0.1, -0.05) is 0 Å². The van der Waals surface area contributed by atoms with Crippen LogP contribution in [0.25, 0.3) is 0 Å². The number of carbonyl (C=O) groups is 5. The minimum atomic E-state index is -0.843. The van der Waals surface area contributed by atoms with Crippen molar-refractivity contribution < 1.29 is 38.2 Å². The van der Waals surface area contributed by atoms with Crippen LogP contribution in [0.1, 0.15) is 41.5 Å². The summed E-state index contributed by atoms with van der Waals surface area (Å²) in [4.78, 5) is 58.3. The highest BCUT2D eigenvalue weighted by molar-refractivity contribution is 6.26. The Morgan fingerprint density at radius 2 is 1.21 bits per heavy atom. The molecule has 24 heavy (non-hydrogen) atoms. The van der Waals surface area contributed by atoms with Crippen molar-refractivity contribution in [1.29, 1.82) is 0 Å². The first-order valence-electron chi connectivity index (χ1n) is 6.73. The van der Waals surface area contributed by atoms with Gasteiger partial charge in [0.2, 0.25) is 5.78 Å². The lowest BCUT2D eigenvalue weighted by Gasteiger charge is -2.19. The van der Waals surface area contributed by atoms with Crippen molar-refractivity contribution in [3.05, 3.63) is 35.1 Å². The minimum Gasteiger partial charge on any atom is -0.426 e. The average Bonchev–Trinajstić information content (AvgIpc) is 2.44. The standard InChI is InChI=1S/C16H12O8/c1-7(17)22-11-4-5-12(23-8(2)18)15-14(11)10(20)6-13(16(15)21)24-9(3)19/h4-6H,1-3H3. The molecular weight excluding hydrogens is 320 g/mol. The van der Waals surface area contributed by atoms with Gasteiger partial charge >= 0.3 is 17.9 Å². The summed E-state index contributed by atoms with van der Waals surface area (Å²) in [5, 5.41) is 0. The fraction of sp³-hybridized carbons (Fsp3) is 0.188. The van der Waals surface area contributed by atoms with E-state index in [0.29, 0.717) is 0 Å². The van der Waals surface area contributed by atoms with Gasteiger partial charge in [0.1, 0.15) is 11.5 Å². The molecule has 0 atom stereocenters. The van der Waals surface area contributed by atoms with Gasteiger partial charge in [-0.25, -0.2) is 0 Å². The smallest absolute Gasteiger partial charge is 0.308 e. The molecular formula is C16H12O8. The van der Waals surface area contributed by atoms with E-state index in [9.17, 15) is 24.0 Å². The Kier molecular flexibility index (Phi) is 4.59. The van der Waals surface area contributed by atoms with E-state index in [4.69, 9.17) is 14.2 Å². The number of Topliss-reactive ketones (excluding diaryl/α,β-unsaturated/α-hetero) is 1. The molecule has 124 valence electrons. The number of carbonyl (C=O) groups excluding carboxylic acids is 5. The maximum atomic E-state index is 12.5. The first-order chi connectivity index (χ1) is 11.2. The van der Waals surface area contributed by atoms with Crippen LogP contribution in [0.5, 0.6) is 11.5 Å². The van der Waals surface area contributed by atoms with Gasteiger partial charge in [-0.3, -0.25) is 24.0 Å². The summed E-state index contributed by atoms with van der Waals surface area (Å²) in [6, 6.07) is 2.44. The van der Waals surface area contributed by atoms with Crippen LogP contribution in [0.2, 0.25) is 0 Å². The van der Waals surface area contributed by atoms with E-state index < -0.39 is 35.2 Å². The van der Waals surface area contributed by atoms with Crippen molar-refractivity contribution in [3.63, 3.8) is 0 Å². The van der Waals surface area contributed by atoms with Gasteiger partial charge in [0.05, 0.1) is 11.1 Å². The second kappa shape index (κ2) is 6.45. The molecule has 8 heteroatoms. The first-order valence-corrected chi connectivity index (χ1v) is 6.73. The molecule has 0 unspecified atom stereocenters. The van der Waals surface area contributed by atoms with Crippen molar-refractivity contribution in [2.75, 3.05) is 0 Å². The Hall–Kier alpha value is -3.29. The van der Waals surface area contributed by atoms with E-state index in [2.05, 4.69) is 0 Å². The Morgan fingerprint density at radius 1 is 0.750 bits per heavy atom. The normalized spacial score (nSPS) is 12.9. The Balaban J connectivity index is 2.66. The Bertz CT molecular complexity index is 816. The van der Waals surface area contributed by atoms with E-state index in [0.717, 1.165) is 26.8 Å². The highest BCUT2D eigenvalue weighted by Crippen LogP contribution is 2.36. The lowest BCUT2D eigenvalue weighted by molar-refractivity contribution is -0.136. The van der Waals surface area contributed by atoms with Crippen molar-refractivity contribution in [2.45, 2.75) is 20.8 Å². The van der Waals surface area contributed by atoms with E-state index in [1.54, 1.807) is 0 Å². The van der Waals surface area contributed by atoms with Crippen LogP contribution in [0, 0.1) is 0 Å². The molecule has 1 aliphatic rings. The number of ketones is 2. The summed E-state index contributed by atoms with van der Waals surface area (Å²) < 4.78 is 14.6. The highest BCUT2D eigenvalue weighted by atomic mass is 16.5. The van der Waals surface area contributed by atoms with Gasteiger partial charge in [-0.2, -0.15) is 0 Å². The monoisotopic (exact) mass is 332 g/mol. The second-order valence-corrected chi connectivity index (χ2v) is 4.79. The minimum absolute atomic E-state index is 0.162. The van der Waals surface area contributed by atoms with E-state index in [-0.39, 0.29) is 22.6 Å². The van der Waals surface area contributed by atoms with E-state index in [1.807, 2.05) is 0 Å². The summed E-state index contributed by atoms with van der Waals surface area (Å²) in [6.45, 7) is 3.31. The molecule has 0 saturated heterocycles. The first kappa shape index (κ1) is 17.1. The lowest BCUT2D eigenvalue weighted by atomic mass is 9.91. The molecule has 2 rings (SSSR count). The third kappa shape index (κ3) is 3.37. The van der Waals surface area contributed by atoms with Crippen LogP contribution < -0.4 is 9.47 Å². The van der Waals surface area contributed by atoms with Gasteiger partial charge < -0.3 is 14.2 Å². The van der Waals surface area contributed by atoms with E-state index in [1.165, 1.54) is 12.1 Å². The average molecular weight is 332 g/mol. The summed E-state index contributed by atoms with van der Waals surface area (Å²) in [6.07, 6.45) is 0.816. The number of benzene rings is 1. The summed E-state index contributed by atoms with van der Waals surface area (Å²) in [5.41, 5.74) is -0.558. The van der Waals surface area contributed by atoms with Gasteiger partial charge in [0, 0.05) is 26.8 Å². The van der Waals surface area contributed by atoms with Crippen LogP contribution >= 0.6 is 0 Å². The van der Waals surface area contributed by atoms with Crippen molar-refractivity contribution in [1.82, 2.24) is 0 Å². The number of hydrogen-bond donors (Lipinski definition) is 0. The molecule has 0 bridgehead atoms. The molecule has 0 aliphatic heterocycles. The summed E-state index contributed by atoms with van der Waals surface area (Å²) >= 11 is 0. The zero-order valence-electron chi connectivity index (χ0n) is 13.0. The zero-order valence-corrected chi connectivity index (χ0v) is 13.0. The van der Waals surface area contributed by atoms with Crippen LogP contribution in [0.4, 0.5) is 0 Å². The molecule has 0 saturated carbocycles. The topological polar surface area (TPSA) is 113 Å². The van der Waals surface area contributed by atoms with Crippen LogP contribution in [0.3, 0.4) is 0 Å². The Morgan fingerprint density at radius 3 is 1.67 bits per heavy atom. The largest absolute Gasteiger partial charge is 0.426 e. The fourth-order valence-electron chi connectivity index (χ4n) is 2.12. The molecule has 0 aromatic heterocycles. The van der Waals surface area contributed by atoms with Crippen molar-refractivity contribution in [3.8, 4) is 11.5 Å². The van der Waals surface area contributed by atoms with Gasteiger partial charge in [-0.05, 0) is 12.1 Å². The molecule has 1 aromatic rings. The third-order valence-electron chi connectivity index (χ3n) is 2.85. The number of allylic oxidation sites excluding steroid dienone is 2. The number of hydrogen-bond acceptors (Lipinski definition) is 8. The molecule has 0 radical (unpaired) electrons. The fourth-order valence-corrected chi connectivity index (χ4v) is 2.12. The second-order valence-electron chi connectivity index (χ2n) is 4.79. The van der Waals surface area contributed by atoms with Crippen molar-refractivity contribution in [2.24, 2.45) is 0 Å². The highest BCUT2D eigenvalue weighted by Gasteiger charge is 2.34. The molecule has 0 heterocycles. The van der Waals surface area contributed by atoms with Crippen molar-refractivity contribution >= 4 is 29.5 Å². The molecule has 1 aromatic carbocycles. The maximum absolute atomic E-state index is 12.5. The number of fused-ring (bicyclic) bond motifs is 1. The van der Waals surface area contributed by atoms with E-state index >= 15 is 0 Å². The predicted molar refractivity (Wildman–Crippen MR) is 77.6 cm³/mol. The molecule has 0 amide bonds. The predicted octanol–water partition coefficient (Wildman–Crippen LogP) is 1.36. The SMILES string of the molecule is CC(=O)OC1=CC(=O)c2c(OC(C)=O)ccc(OC(C)=O)c2C1=O. The Labute approximate surface area is 136 Å². The number of esters is 3. The van der Waals surface area contributed by atoms with Crippen LogP contribution in [-0.4, -0.2) is 29.5 Å². The third-order valence-corrected chi connectivity index (χ3v) is 2.85. The zero-order chi connectivity index (χ0) is 18.0. The van der Waals surface area contributed by atoms with Gasteiger partial charge in [-0.15, -0.1) is 0 Å². The molecule has 1 aliphatic carbocycles. The summed E-state index contributed by atoms with van der Waals surface area (Å²) in [5.74, 6) is -4.66. The van der Waals surface area contributed by atoms with Gasteiger partial charge in [0.25, 0.3) is 0 Å². The molecule has 0 spiro atoms. The lowest BCUT2D eigenvalue weighted by Crippen LogP contribution is -2.23. The molecule has 0 N–H and O–H groups in total. The maximum Gasteiger partial charge on any atom is 0.308 e. The van der Waals surface area contributed by atoms with Crippen LogP contribution in [-0.2, 0) is 19.1 Å².